The summed E-state index contributed by atoms with van der Waals surface area (Å²) < 4.78 is 5.23. The van der Waals surface area contributed by atoms with E-state index in [0.29, 0.717) is 24.7 Å². The van der Waals surface area contributed by atoms with Crippen LogP contribution in [-0.2, 0) is 19.3 Å². The molecule has 0 radical (unpaired) electrons. The van der Waals surface area contributed by atoms with Crippen molar-refractivity contribution in [1.29, 1.82) is 0 Å². The van der Waals surface area contributed by atoms with Gasteiger partial charge in [-0.1, -0.05) is 5.16 Å². The summed E-state index contributed by atoms with van der Waals surface area (Å²) in [4.78, 5) is 6.91. The number of aromatic nitrogens is 2. The van der Waals surface area contributed by atoms with Crippen LogP contribution < -0.4 is 5.73 Å². The lowest BCUT2D eigenvalue weighted by Gasteiger charge is -1.87. The van der Waals surface area contributed by atoms with Crippen LogP contribution in [0.2, 0.25) is 0 Å². The fourth-order valence-corrected chi connectivity index (χ4v) is 3.19. The van der Waals surface area contributed by atoms with Crippen LogP contribution in [0.5, 0.6) is 0 Å². The van der Waals surface area contributed by atoms with E-state index in [2.05, 4.69) is 16.2 Å². The highest BCUT2D eigenvalue weighted by Crippen LogP contribution is 2.35. The molecule has 16 heavy (non-hydrogen) atoms. The predicted molar refractivity (Wildman–Crippen MR) is 62.4 cm³/mol. The second-order valence-electron chi connectivity index (χ2n) is 3.97. The van der Waals surface area contributed by atoms with Crippen molar-refractivity contribution in [3.63, 3.8) is 0 Å². The van der Waals surface area contributed by atoms with Gasteiger partial charge in [0, 0.05) is 11.3 Å². The molecular formula is C11H13N3OS. The minimum atomic E-state index is 0.555. The van der Waals surface area contributed by atoms with Crippen molar-refractivity contribution in [2.75, 3.05) is 6.54 Å². The van der Waals surface area contributed by atoms with E-state index in [1.807, 2.05) is 0 Å². The Labute approximate surface area is 97.5 Å². The third-order valence-electron chi connectivity index (χ3n) is 2.79. The lowest BCUT2D eigenvalue weighted by atomic mass is 10.2. The molecule has 0 atom stereocenters. The van der Waals surface area contributed by atoms with Crippen LogP contribution in [0.3, 0.4) is 0 Å². The molecule has 2 aromatic heterocycles. The van der Waals surface area contributed by atoms with Crippen molar-refractivity contribution in [2.24, 2.45) is 5.73 Å². The fraction of sp³-hybridized carbons (Fsp3) is 0.455. The van der Waals surface area contributed by atoms with Crippen LogP contribution in [0.4, 0.5) is 0 Å². The smallest absolute Gasteiger partial charge is 0.268 e. The van der Waals surface area contributed by atoms with E-state index in [1.165, 1.54) is 29.7 Å². The molecule has 4 nitrogen and oxygen atoms in total. The highest BCUT2D eigenvalue weighted by atomic mass is 32.1. The Morgan fingerprint density at radius 2 is 2.38 bits per heavy atom. The number of hydrogen-bond donors (Lipinski definition) is 1. The Hall–Kier alpha value is -1.20. The summed E-state index contributed by atoms with van der Waals surface area (Å²) in [6, 6.07) is 2.19. The van der Waals surface area contributed by atoms with Crippen molar-refractivity contribution < 1.29 is 4.52 Å². The van der Waals surface area contributed by atoms with Gasteiger partial charge in [0.2, 0.25) is 0 Å². The zero-order chi connectivity index (χ0) is 11.0. The lowest BCUT2D eigenvalue weighted by Crippen LogP contribution is -2.03. The molecule has 0 aromatic carbocycles. The number of aryl methyl sites for hydroxylation is 2. The van der Waals surface area contributed by atoms with Gasteiger partial charge in [0.1, 0.15) is 0 Å². The second-order valence-corrected chi connectivity index (χ2v) is 5.10. The Bertz CT molecular complexity index is 482. The Morgan fingerprint density at radius 3 is 3.19 bits per heavy atom. The van der Waals surface area contributed by atoms with Gasteiger partial charge < -0.3 is 10.3 Å². The highest BCUT2D eigenvalue weighted by Gasteiger charge is 2.18. The summed E-state index contributed by atoms with van der Waals surface area (Å²) in [6.07, 6.45) is 4.34. The molecule has 2 heterocycles. The van der Waals surface area contributed by atoms with Gasteiger partial charge in [-0.25, -0.2) is 0 Å². The first-order valence-electron chi connectivity index (χ1n) is 5.51. The van der Waals surface area contributed by atoms with Crippen LogP contribution in [0, 0.1) is 0 Å². The number of rotatable bonds is 3. The van der Waals surface area contributed by atoms with E-state index in [4.69, 9.17) is 10.3 Å². The van der Waals surface area contributed by atoms with Crippen molar-refractivity contribution in [1.82, 2.24) is 10.1 Å². The normalized spacial score (nSPS) is 14.3. The summed E-state index contributed by atoms with van der Waals surface area (Å²) in [6.45, 7) is 0.555. The average Bonchev–Trinajstić information content (AvgIpc) is 2.88. The van der Waals surface area contributed by atoms with Crippen LogP contribution in [-0.4, -0.2) is 16.7 Å². The van der Waals surface area contributed by atoms with E-state index in [-0.39, 0.29) is 0 Å². The third-order valence-corrected chi connectivity index (χ3v) is 4.02. The molecule has 0 saturated carbocycles. The Kier molecular flexibility index (Phi) is 2.49. The van der Waals surface area contributed by atoms with Gasteiger partial charge >= 0.3 is 0 Å². The molecule has 5 heteroatoms. The number of nitrogens with zero attached hydrogens (tertiary/aromatic N) is 2. The van der Waals surface area contributed by atoms with Gasteiger partial charge in [0.05, 0.1) is 4.88 Å². The molecule has 1 aliphatic carbocycles. The maximum atomic E-state index is 5.45. The standard InChI is InChI=1S/C11H13N3OS/c12-5-4-10-13-11(15-14-10)9-6-7-2-1-3-8(7)16-9/h6H,1-5,12H2. The number of nitrogens with two attached hydrogens (primary N) is 1. The molecule has 0 aliphatic heterocycles. The largest absolute Gasteiger partial charge is 0.333 e. The minimum Gasteiger partial charge on any atom is -0.333 e. The second kappa shape index (κ2) is 3.99. The maximum absolute atomic E-state index is 5.45. The zero-order valence-electron chi connectivity index (χ0n) is 8.90. The van der Waals surface area contributed by atoms with E-state index in [0.717, 1.165) is 4.88 Å². The molecule has 0 bridgehead atoms. The molecule has 2 aromatic rings. The Balaban J connectivity index is 1.89. The number of thiophene rings is 1. The van der Waals surface area contributed by atoms with Gasteiger partial charge in [-0.15, -0.1) is 11.3 Å². The molecule has 3 rings (SSSR count). The number of hydrogen-bond acceptors (Lipinski definition) is 5. The monoisotopic (exact) mass is 235 g/mol. The van der Waals surface area contributed by atoms with E-state index >= 15 is 0 Å². The van der Waals surface area contributed by atoms with Crippen LogP contribution >= 0.6 is 11.3 Å². The van der Waals surface area contributed by atoms with E-state index in [9.17, 15) is 0 Å². The molecule has 1 aliphatic rings. The first kappa shape index (κ1) is 9.99. The topological polar surface area (TPSA) is 64.9 Å². The van der Waals surface area contributed by atoms with Gasteiger partial charge in [-0.2, -0.15) is 4.98 Å². The molecule has 0 saturated heterocycles. The van der Waals surface area contributed by atoms with Crippen LogP contribution in [0.15, 0.2) is 10.6 Å². The molecule has 84 valence electrons. The molecule has 0 unspecified atom stereocenters. The van der Waals surface area contributed by atoms with Crippen molar-refractivity contribution in [2.45, 2.75) is 25.7 Å². The van der Waals surface area contributed by atoms with Gasteiger partial charge in [0.25, 0.3) is 5.89 Å². The molecule has 2 N–H and O–H groups in total. The SMILES string of the molecule is NCCc1noc(-c2cc3c(s2)CCC3)n1. The first-order chi connectivity index (χ1) is 7.86. The summed E-state index contributed by atoms with van der Waals surface area (Å²) in [5, 5.41) is 3.91. The maximum Gasteiger partial charge on any atom is 0.268 e. The molecule has 0 spiro atoms. The first-order valence-corrected chi connectivity index (χ1v) is 6.33. The fourth-order valence-electron chi connectivity index (χ4n) is 2.02. The van der Waals surface area contributed by atoms with E-state index < -0.39 is 0 Å². The predicted octanol–water partition coefficient (Wildman–Crippen LogP) is 1.79. The number of fused-ring (bicyclic) bond motifs is 1. The molecule has 0 fully saturated rings. The van der Waals surface area contributed by atoms with Crippen molar-refractivity contribution in [3.8, 4) is 10.8 Å². The summed E-state index contributed by atoms with van der Waals surface area (Å²) in [5.74, 6) is 1.34. The van der Waals surface area contributed by atoms with Crippen molar-refractivity contribution in [3.05, 3.63) is 22.3 Å². The average molecular weight is 235 g/mol. The minimum absolute atomic E-state index is 0.555. The lowest BCUT2D eigenvalue weighted by molar-refractivity contribution is 0.423. The van der Waals surface area contributed by atoms with E-state index in [1.54, 1.807) is 11.3 Å². The van der Waals surface area contributed by atoms with Gasteiger partial charge in [0.15, 0.2) is 5.82 Å². The highest BCUT2D eigenvalue weighted by molar-refractivity contribution is 7.15. The summed E-state index contributed by atoms with van der Waals surface area (Å²) >= 11 is 1.78. The van der Waals surface area contributed by atoms with Crippen LogP contribution in [0.1, 0.15) is 22.7 Å². The molecule has 0 amide bonds. The quantitative estimate of drug-likeness (QED) is 0.880. The van der Waals surface area contributed by atoms with Crippen LogP contribution in [0.25, 0.3) is 10.8 Å². The molecular weight excluding hydrogens is 222 g/mol. The Morgan fingerprint density at radius 1 is 1.44 bits per heavy atom. The third kappa shape index (κ3) is 1.66. The summed E-state index contributed by atoms with van der Waals surface area (Å²) in [7, 11) is 0. The summed E-state index contributed by atoms with van der Waals surface area (Å²) in [5.41, 5.74) is 6.91. The van der Waals surface area contributed by atoms with Gasteiger partial charge in [-0.3, -0.25) is 0 Å². The van der Waals surface area contributed by atoms with Gasteiger partial charge in [-0.05, 0) is 37.4 Å². The zero-order valence-corrected chi connectivity index (χ0v) is 9.72. The van der Waals surface area contributed by atoms with Crippen molar-refractivity contribution >= 4 is 11.3 Å².